The number of ether oxygens (including phenoxy) is 1. The van der Waals surface area contributed by atoms with Crippen molar-refractivity contribution in [1.29, 1.82) is 0 Å². The lowest BCUT2D eigenvalue weighted by Gasteiger charge is -2.26. The van der Waals surface area contributed by atoms with Gasteiger partial charge in [0.05, 0.1) is 12.0 Å². The van der Waals surface area contributed by atoms with Crippen LogP contribution in [0.5, 0.6) is 0 Å². The monoisotopic (exact) mass is 262 g/mol. The van der Waals surface area contributed by atoms with Crippen LogP contribution in [0, 0.1) is 0 Å². The summed E-state index contributed by atoms with van der Waals surface area (Å²) < 4.78 is 5.42. The Kier molecular flexibility index (Phi) is 4.93. The summed E-state index contributed by atoms with van der Waals surface area (Å²) >= 11 is 0. The summed E-state index contributed by atoms with van der Waals surface area (Å²) in [6.07, 6.45) is 0.0562. The lowest BCUT2D eigenvalue weighted by atomic mass is 9.90. The van der Waals surface area contributed by atoms with Gasteiger partial charge in [-0.05, 0) is 25.0 Å². The van der Waals surface area contributed by atoms with Crippen LogP contribution < -0.4 is 10.6 Å². The van der Waals surface area contributed by atoms with Gasteiger partial charge in [0.1, 0.15) is 0 Å². The molecule has 2 unspecified atom stereocenters. The lowest BCUT2D eigenvalue weighted by Crippen LogP contribution is -2.41. The van der Waals surface area contributed by atoms with Crippen LogP contribution in [0.15, 0.2) is 24.3 Å². The van der Waals surface area contributed by atoms with Crippen molar-refractivity contribution in [2.75, 3.05) is 19.7 Å². The molecule has 0 saturated carbocycles. The predicted molar refractivity (Wildman–Crippen MR) is 75.0 cm³/mol. The second-order valence-corrected chi connectivity index (χ2v) is 4.89. The van der Waals surface area contributed by atoms with Crippen LogP contribution in [0.2, 0.25) is 0 Å². The van der Waals surface area contributed by atoms with Crippen LogP contribution in [0.4, 0.5) is 0 Å². The minimum Gasteiger partial charge on any atom is -0.377 e. The van der Waals surface area contributed by atoms with E-state index >= 15 is 0 Å². The molecule has 4 nitrogen and oxygen atoms in total. The standard InChI is InChI=1S/C15H22N2O2/c1-3-19-11(2)8-17-15(18)14-10-16-9-12-6-4-5-7-13(12)14/h4-7,11,14,16H,3,8-10H2,1-2H3,(H,17,18). The number of fused-ring (bicyclic) bond motifs is 1. The van der Waals surface area contributed by atoms with Gasteiger partial charge in [-0.1, -0.05) is 24.3 Å². The first-order valence-electron chi connectivity index (χ1n) is 6.90. The first-order valence-corrected chi connectivity index (χ1v) is 6.90. The maximum absolute atomic E-state index is 12.3. The Morgan fingerprint density at radius 2 is 2.32 bits per heavy atom. The molecule has 0 saturated heterocycles. The third kappa shape index (κ3) is 3.55. The summed E-state index contributed by atoms with van der Waals surface area (Å²) in [6.45, 7) is 6.70. The first kappa shape index (κ1) is 14.0. The van der Waals surface area contributed by atoms with Crippen LogP contribution in [0.3, 0.4) is 0 Å². The zero-order valence-corrected chi connectivity index (χ0v) is 11.6. The first-order chi connectivity index (χ1) is 9.22. The lowest BCUT2D eigenvalue weighted by molar-refractivity contribution is -0.123. The van der Waals surface area contributed by atoms with Crippen molar-refractivity contribution in [3.8, 4) is 0 Å². The van der Waals surface area contributed by atoms with Crippen molar-refractivity contribution in [2.45, 2.75) is 32.4 Å². The van der Waals surface area contributed by atoms with Crippen LogP contribution in [-0.2, 0) is 16.1 Å². The highest BCUT2D eigenvalue weighted by molar-refractivity contribution is 5.84. The maximum atomic E-state index is 12.3. The van der Waals surface area contributed by atoms with Crippen LogP contribution in [0.25, 0.3) is 0 Å². The molecule has 2 rings (SSSR count). The molecule has 0 aromatic heterocycles. The molecule has 1 aliphatic rings. The number of amides is 1. The third-order valence-electron chi connectivity index (χ3n) is 3.43. The molecule has 104 valence electrons. The minimum atomic E-state index is -0.0984. The van der Waals surface area contributed by atoms with Gasteiger partial charge in [0.15, 0.2) is 0 Å². The maximum Gasteiger partial charge on any atom is 0.228 e. The number of carbonyl (C=O) groups is 1. The molecule has 0 aliphatic carbocycles. The molecule has 1 aromatic carbocycles. The average Bonchev–Trinajstić information content (AvgIpc) is 2.44. The van der Waals surface area contributed by atoms with Gasteiger partial charge in [0, 0.05) is 26.2 Å². The van der Waals surface area contributed by atoms with E-state index in [-0.39, 0.29) is 17.9 Å². The van der Waals surface area contributed by atoms with E-state index in [1.165, 1.54) is 5.56 Å². The van der Waals surface area contributed by atoms with E-state index in [1.807, 2.05) is 32.0 Å². The van der Waals surface area contributed by atoms with Gasteiger partial charge in [-0.3, -0.25) is 4.79 Å². The Labute approximate surface area is 114 Å². The second-order valence-electron chi connectivity index (χ2n) is 4.89. The Balaban J connectivity index is 1.97. The van der Waals surface area contributed by atoms with Crippen molar-refractivity contribution in [2.24, 2.45) is 0 Å². The highest BCUT2D eigenvalue weighted by atomic mass is 16.5. The smallest absolute Gasteiger partial charge is 0.228 e. The molecule has 0 radical (unpaired) electrons. The van der Waals surface area contributed by atoms with E-state index in [0.717, 1.165) is 12.1 Å². The highest BCUT2D eigenvalue weighted by Gasteiger charge is 2.25. The molecular weight excluding hydrogens is 240 g/mol. The van der Waals surface area contributed by atoms with Gasteiger partial charge >= 0.3 is 0 Å². The molecule has 0 fully saturated rings. The molecule has 0 bridgehead atoms. The number of nitrogens with one attached hydrogen (secondary N) is 2. The van der Waals surface area contributed by atoms with Gasteiger partial charge in [-0.25, -0.2) is 0 Å². The van der Waals surface area contributed by atoms with Crippen LogP contribution in [-0.4, -0.2) is 31.7 Å². The average molecular weight is 262 g/mol. The fraction of sp³-hybridized carbons (Fsp3) is 0.533. The van der Waals surface area contributed by atoms with E-state index in [2.05, 4.69) is 16.7 Å². The Morgan fingerprint density at radius 1 is 1.53 bits per heavy atom. The molecule has 2 N–H and O–H groups in total. The zero-order chi connectivity index (χ0) is 13.7. The van der Waals surface area contributed by atoms with Crippen molar-refractivity contribution in [1.82, 2.24) is 10.6 Å². The molecule has 1 amide bonds. The zero-order valence-electron chi connectivity index (χ0n) is 11.6. The van der Waals surface area contributed by atoms with E-state index in [9.17, 15) is 4.79 Å². The van der Waals surface area contributed by atoms with E-state index < -0.39 is 0 Å². The van der Waals surface area contributed by atoms with Gasteiger partial charge < -0.3 is 15.4 Å². The number of rotatable bonds is 5. The summed E-state index contributed by atoms with van der Waals surface area (Å²) in [5.41, 5.74) is 2.36. The summed E-state index contributed by atoms with van der Waals surface area (Å²) in [5.74, 6) is -0.0232. The Hall–Kier alpha value is -1.39. The normalized spacial score (nSPS) is 19.6. The molecule has 0 spiro atoms. The largest absolute Gasteiger partial charge is 0.377 e. The second kappa shape index (κ2) is 6.68. The highest BCUT2D eigenvalue weighted by Crippen LogP contribution is 2.23. The minimum absolute atomic E-state index is 0.0562. The predicted octanol–water partition coefficient (Wildman–Crippen LogP) is 1.41. The van der Waals surface area contributed by atoms with Crippen LogP contribution >= 0.6 is 0 Å². The topological polar surface area (TPSA) is 50.4 Å². The molecule has 4 heteroatoms. The number of hydrogen-bond donors (Lipinski definition) is 2. The number of benzene rings is 1. The fourth-order valence-electron chi connectivity index (χ4n) is 2.44. The van der Waals surface area contributed by atoms with Gasteiger partial charge in [-0.2, -0.15) is 0 Å². The fourth-order valence-corrected chi connectivity index (χ4v) is 2.44. The van der Waals surface area contributed by atoms with E-state index in [1.54, 1.807) is 0 Å². The summed E-state index contributed by atoms with van der Waals surface area (Å²) in [4.78, 5) is 12.3. The third-order valence-corrected chi connectivity index (χ3v) is 3.43. The van der Waals surface area contributed by atoms with Gasteiger partial charge in [0.2, 0.25) is 5.91 Å². The van der Waals surface area contributed by atoms with Crippen molar-refractivity contribution in [3.05, 3.63) is 35.4 Å². The van der Waals surface area contributed by atoms with Crippen molar-refractivity contribution >= 4 is 5.91 Å². The van der Waals surface area contributed by atoms with Gasteiger partial charge in [-0.15, -0.1) is 0 Å². The summed E-state index contributed by atoms with van der Waals surface area (Å²) in [6, 6.07) is 8.13. The number of hydrogen-bond acceptors (Lipinski definition) is 3. The van der Waals surface area contributed by atoms with Crippen molar-refractivity contribution < 1.29 is 9.53 Å². The molecule has 1 aliphatic heterocycles. The van der Waals surface area contributed by atoms with E-state index in [0.29, 0.717) is 19.7 Å². The quantitative estimate of drug-likeness (QED) is 0.843. The molecular formula is C15H22N2O2. The Bertz CT molecular complexity index is 434. The molecule has 1 aromatic rings. The van der Waals surface area contributed by atoms with Crippen molar-refractivity contribution in [3.63, 3.8) is 0 Å². The summed E-state index contributed by atoms with van der Waals surface area (Å²) in [7, 11) is 0. The number of carbonyl (C=O) groups excluding carboxylic acids is 1. The summed E-state index contributed by atoms with van der Waals surface area (Å²) in [5, 5.41) is 6.27. The molecule has 1 heterocycles. The SMILES string of the molecule is CCOC(C)CNC(=O)C1CNCc2ccccc21. The Morgan fingerprint density at radius 3 is 3.11 bits per heavy atom. The van der Waals surface area contributed by atoms with E-state index in [4.69, 9.17) is 4.74 Å². The van der Waals surface area contributed by atoms with Gasteiger partial charge in [0.25, 0.3) is 0 Å². The van der Waals surface area contributed by atoms with Crippen LogP contribution in [0.1, 0.15) is 30.9 Å². The molecule has 19 heavy (non-hydrogen) atoms. The molecule has 2 atom stereocenters.